The number of carbonyl (C=O) groups excluding carboxylic acids is 4. The topological polar surface area (TPSA) is 142 Å². The number of fused-ring (bicyclic) bond motifs is 5. The van der Waals surface area contributed by atoms with E-state index < -0.39 is 52.7 Å². The Morgan fingerprint density at radius 3 is 2.60 bits per heavy atom. The molecule has 0 spiro atoms. The lowest BCUT2D eigenvalue weighted by Crippen LogP contribution is -2.49. The highest BCUT2D eigenvalue weighted by Gasteiger charge is 2.67. The van der Waals surface area contributed by atoms with Gasteiger partial charge in [0, 0.05) is 28.8 Å². The molecular formula is C37H33ClN4O7S. The van der Waals surface area contributed by atoms with Crippen LogP contribution >= 0.6 is 22.9 Å². The average molecular weight is 713 g/mol. The molecular weight excluding hydrogens is 680 g/mol. The number of nitrogens with zero attached hydrogens (tertiary/aromatic N) is 4. The Balaban J connectivity index is 1.23. The lowest BCUT2D eigenvalue weighted by molar-refractivity contribution is -0.173. The van der Waals surface area contributed by atoms with Gasteiger partial charge in [-0.3, -0.25) is 29.1 Å². The zero-order valence-corrected chi connectivity index (χ0v) is 29.2. The van der Waals surface area contributed by atoms with Crippen LogP contribution in [0.5, 0.6) is 11.5 Å². The highest BCUT2D eigenvalue weighted by Crippen LogP contribution is 2.61. The SMILES string of the molecule is COc1cc(C=CC2C3=CCC4C(=O)N(O)C(=O)C4C3CC3C(=O)N(c4cc(-c5sc6ccc(Cl)cc6c5C)nn4C)C(=O)C23C)ccc1O. The van der Waals surface area contributed by atoms with Crippen LogP contribution in [0.4, 0.5) is 5.82 Å². The molecule has 2 aromatic carbocycles. The summed E-state index contributed by atoms with van der Waals surface area (Å²) in [6.45, 7) is 3.79. The Labute approximate surface area is 295 Å². The van der Waals surface area contributed by atoms with Crippen molar-refractivity contribution in [2.24, 2.45) is 42.1 Å². The number of hydroxylamine groups is 2. The number of allylic oxidation sites excluding steroid dienone is 3. The van der Waals surface area contributed by atoms with E-state index in [1.807, 2.05) is 43.4 Å². The molecule has 4 amide bonds. The zero-order valence-electron chi connectivity index (χ0n) is 27.6. The first-order chi connectivity index (χ1) is 23.8. The molecule has 3 fully saturated rings. The van der Waals surface area contributed by atoms with Crippen molar-refractivity contribution in [3.8, 4) is 22.1 Å². The van der Waals surface area contributed by atoms with Crippen LogP contribution in [0.15, 0.2) is 60.2 Å². The Kier molecular flexibility index (Phi) is 7.38. The van der Waals surface area contributed by atoms with Gasteiger partial charge in [0.2, 0.25) is 11.8 Å². The summed E-state index contributed by atoms with van der Waals surface area (Å²) in [5.41, 5.74) is 1.84. The lowest BCUT2D eigenvalue weighted by Gasteiger charge is -2.47. The first kappa shape index (κ1) is 32.4. The summed E-state index contributed by atoms with van der Waals surface area (Å²) in [7, 11) is 3.15. The summed E-state index contributed by atoms with van der Waals surface area (Å²) in [6, 6.07) is 12.3. The number of methoxy groups -OCH3 is 1. The van der Waals surface area contributed by atoms with E-state index in [1.54, 1.807) is 48.2 Å². The van der Waals surface area contributed by atoms with Gasteiger partial charge in [-0.1, -0.05) is 41.5 Å². The number of anilines is 1. The summed E-state index contributed by atoms with van der Waals surface area (Å²) in [5, 5.41) is 27.1. The fourth-order valence-electron chi connectivity index (χ4n) is 8.64. The highest BCUT2D eigenvalue weighted by atomic mass is 35.5. The monoisotopic (exact) mass is 712 g/mol. The molecule has 4 aliphatic rings. The minimum atomic E-state index is -1.25. The number of amides is 4. The summed E-state index contributed by atoms with van der Waals surface area (Å²) in [6.07, 6.45) is 5.97. The van der Waals surface area contributed by atoms with Crippen LogP contribution in [-0.2, 0) is 26.2 Å². The molecule has 13 heteroatoms. The Hall–Kier alpha value is -4.78. The number of phenolic OH excluding ortho intramolecular Hbond substituents is 1. The van der Waals surface area contributed by atoms with Crippen molar-refractivity contribution in [2.45, 2.75) is 26.7 Å². The molecule has 2 aliphatic heterocycles. The molecule has 1 saturated carbocycles. The number of imide groups is 2. The van der Waals surface area contributed by atoms with Crippen LogP contribution in [0.2, 0.25) is 5.02 Å². The minimum Gasteiger partial charge on any atom is -0.504 e. The third-order valence-corrected chi connectivity index (χ3v) is 12.8. The molecule has 6 unspecified atom stereocenters. The van der Waals surface area contributed by atoms with Crippen molar-refractivity contribution >= 4 is 68.5 Å². The molecule has 8 rings (SSSR count). The largest absolute Gasteiger partial charge is 0.504 e. The fraction of sp³-hybridized carbons (Fsp3) is 0.324. The maximum Gasteiger partial charge on any atom is 0.257 e. The van der Waals surface area contributed by atoms with Crippen LogP contribution in [0.25, 0.3) is 26.7 Å². The van der Waals surface area contributed by atoms with Crippen LogP contribution in [0.1, 0.15) is 30.9 Å². The van der Waals surface area contributed by atoms with Crippen molar-refractivity contribution in [1.29, 1.82) is 0 Å². The van der Waals surface area contributed by atoms with Gasteiger partial charge in [0.1, 0.15) is 11.5 Å². The van der Waals surface area contributed by atoms with Crippen LogP contribution in [0, 0.1) is 41.9 Å². The average Bonchev–Trinajstić information content (AvgIpc) is 3.76. The second-order valence-electron chi connectivity index (χ2n) is 13.7. The predicted molar refractivity (Wildman–Crippen MR) is 186 cm³/mol. The van der Waals surface area contributed by atoms with Crippen molar-refractivity contribution in [1.82, 2.24) is 14.8 Å². The first-order valence-electron chi connectivity index (χ1n) is 16.3. The molecule has 11 nitrogen and oxygen atoms in total. The third kappa shape index (κ3) is 4.47. The van der Waals surface area contributed by atoms with E-state index >= 15 is 0 Å². The van der Waals surface area contributed by atoms with E-state index in [0.717, 1.165) is 26.1 Å². The second-order valence-corrected chi connectivity index (χ2v) is 15.2. The van der Waals surface area contributed by atoms with Crippen molar-refractivity contribution in [2.75, 3.05) is 12.0 Å². The third-order valence-electron chi connectivity index (χ3n) is 11.2. The molecule has 4 aromatic rings. The maximum absolute atomic E-state index is 14.8. The van der Waals surface area contributed by atoms with E-state index in [-0.39, 0.29) is 35.3 Å². The molecule has 4 heterocycles. The fourth-order valence-corrected chi connectivity index (χ4v) is 9.96. The number of hydrogen-bond acceptors (Lipinski definition) is 9. The summed E-state index contributed by atoms with van der Waals surface area (Å²) in [4.78, 5) is 57.6. The zero-order chi connectivity index (χ0) is 35.4. The smallest absolute Gasteiger partial charge is 0.257 e. The van der Waals surface area contributed by atoms with E-state index in [1.165, 1.54) is 18.1 Å². The molecule has 0 bridgehead atoms. The van der Waals surface area contributed by atoms with Crippen molar-refractivity contribution in [3.05, 3.63) is 76.3 Å². The lowest BCUT2D eigenvalue weighted by atomic mass is 9.52. The molecule has 0 radical (unpaired) electrons. The van der Waals surface area contributed by atoms with Gasteiger partial charge in [-0.15, -0.1) is 11.3 Å². The number of rotatable bonds is 5. The quantitative estimate of drug-likeness (QED) is 0.143. The van der Waals surface area contributed by atoms with Crippen molar-refractivity contribution in [3.63, 3.8) is 0 Å². The van der Waals surface area contributed by atoms with Gasteiger partial charge in [-0.05, 0) is 79.5 Å². The van der Waals surface area contributed by atoms with Gasteiger partial charge < -0.3 is 9.84 Å². The van der Waals surface area contributed by atoms with Crippen molar-refractivity contribution < 1.29 is 34.2 Å². The molecule has 6 atom stereocenters. The number of aromatic hydroxyl groups is 1. The number of aryl methyl sites for hydroxylation is 2. The maximum atomic E-state index is 14.8. The van der Waals surface area contributed by atoms with Gasteiger partial charge in [0.25, 0.3) is 11.8 Å². The minimum absolute atomic E-state index is 0.0224. The standard InChI is InChI=1S/C37H33ClN4O7S/c1-17-22-14-19(38)7-12-29(22)50-32(17)26-16-30(40(3)39-26)41-34(45)25-15-23-20(8-9-21-31(23)35(46)42(48)33(21)44)24(37(25,2)36(41)47)10-5-18-6-11-27(43)28(13-18)49-4/h5-8,10-14,16,21,23-25,31,43,48H,9,15H2,1-4H3. The number of ether oxygens (including phenoxy) is 1. The molecule has 2 saturated heterocycles. The number of carbonyl (C=O) groups is 4. The van der Waals surface area contributed by atoms with Gasteiger partial charge in [0.05, 0.1) is 35.2 Å². The van der Waals surface area contributed by atoms with Gasteiger partial charge in [-0.2, -0.15) is 10.2 Å². The summed E-state index contributed by atoms with van der Waals surface area (Å²) >= 11 is 7.84. The Morgan fingerprint density at radius 2 is 1.84 bits per heavy atom. The van der Waals surface area contributed by atoms with Crippen LogP contribution in [0.3, 0.4) is 0 Å². The molecule has 2 N–H and O–H groups in total. The van der Waals surface area contributed by atoms with E-state index in [2.05, 4.69) is 0 Å². The normalized spacial score (nSPS) is 27.7. The molecule has 2 aromatic heterocycles. The van der Waals surface area contributed by atoms with Crippen LogP contribution in [-0.4, -0.2) is 55.9 Å². The molecule has 256 valence electrons. The number of aromatic nitrogens is 2. The molecule has 2 aliphatic carbocycles. The van der Waals surface area contributed by atoms with Crippen LogP contribution < -0.4 is 9.64 Å². The number of hydrogen-bond donors (Lipinski definition) is 2. The Morgan fingerprint density at radius 1 is 1.06 bits per heavy atom. The number of thiophene rings is 1. The number of phenols is 1. The molecule has 50 heavy (non-hydrogen) atoms. The van der Waals surface area contributed by atoms with E-state index in [9.17, 15) is 29.5 Å². The summed E-state index contributed by atoms with van der Waals surface area (Å²) < 4.78 is 7.87. The highest BCUT2D eigenvalue weighted by molar-refractivity contribution is 7.22. The second kappa shape index (κ2) is 11.4. The summed E-state index contributed by atoms with van der Waals surface area (Å²) in [5.74, 6) is -5.14. The van der Waals surface area contributed by atoms with E-state index in [4.69, 9.17) is 21.4 Å². The van der Waals surface area contributed by atoms with Gasteiger partial charge in [0.15, 0.2) is 11.5 Å². The number of halogens is 1. The predicted octanol–water partition coefficient (Wildman–Crippen LogP) is 6.14. The number of benzene rings is 2. The van der Waals surface area contributed by atoms with Gasteiger partial charge in [-0.25, -0.2) is 4.90 Å². The Bertz CT molecular complexity index is 2240. The van der Waals surface area contributed by atoms with E-state index in [0.29, 0.717) is 22.1 Å². The van der Waals surface area contributed by atoms with Gasteiger partial charge >= 0.3 is 0 Å². The first-order valence-corrected chi connectivity index (χ1v) is 17.5.